The molecule has 146 valence electrons. The van der Waals surface area contributed by atoms with E-state index in [-0.39, 0.29) is 22.5 Å². The van der Waals surface area contributed by atoms with Crippen LogP contribution in [0.5, 0.6) is 0 Å². The molecule has 1 amide bonds. The Kier molecular flexibility index (Phi) is 4.55. The van der Waals surface area contributed by atoms with Gasteiger partial charge < -0.3 is 5.32 Å². The minimum Gasteiger partial charge on any atom is -0.322 e. The smallest absolute Gasteiger partial charge is 0.284 e. The molecule has 0 atom stereocenters. The zero-order valence-corrected chi connectivity index (χ0v) is 14.5. The number of nitrogens with zero attached hydrogens (tertiary/aromatic N) is 5. The van der Waals surface area contributed by atoms with Crippen LogP contribution in [0.4, 0.5) is 18.9 Å². The summed E-state index contributed by atoms with van der Waals surface area (Å²) in [6, 6.07) is 8.40. The number of aromatic nitrogens is 5. The Morgan fingerprint density at radius 3 is 2.62 bits per heavy atom. The van der Waals surface area contributed by atoms with Crippen LogP contribution in [0.15, 0.2) is 53.6 Å². The SMILES string of the molecule is O=C(Cn1cnc2c(nnn2-c2ccc(F)cc2F)c1=O)Nc1ccccc1F. The lowest BCUT2D eigenvalue weighted by Crippen LogP contribution is -2.28. The Morgan fingerprint density at radius 1 is 1.07 bits per heavy atom. The minimum atomic E-state index is -0.910. The van der Waals surface area contributed by atoms with Crippen LogP contribution in [0.25, 0.3) is 16.9 Å². The van der Waals surface area contributed by atoms with Crippen LogP contribution in [0.3, 0.4) is 0 Å². The second kappa shape index (κ2) is 7.19. The number of amides is 1. The lowest BCUT2D eigenvalue weighted by atomic mass is 10.3. The van der Waals surface area contributed by atoms with E-state index >= 15 is 0 Å². The van der Waals surface area contributed by atoms with Gasteiger partial charge in [0.25, 0.3) is 5.56 Å². The summed E-state index contributed by atoms with van der Waals surface area (Å²) in [5.41, 5.74) is -1.15. The maximum Gasteiger partial charge on any atom is 0.284 e. The summed E-state index contributed by atoms with van der Waals surface area (Å²) in [5.74, 6) is -2.96. The van der Waals surface area contributed by atoms with E-state index in [1.54, 1.807) is 6.07 Å². The molecule has 0 aliphatic carbocycles. The highest BCUT2D eigenvalue weighted by Crippen LogP contribution is 2.17. The normalized spacial score (nSPS) is 11.0. The number of hydrogen-bond donors (Lipinski definition) is 1. The Hall–Kier alpha value is -4.02. The highest BCUT2D eigenvalue weighted by Gasteiger charge is 2.17. The van der Waals surface area contributed by atoms with Gasteiger partial charge in [-0.25, -0.2) is 18.2 Å². The van der Waals surface area contributed by atoms with E-state index in [1.165, 1.54) is 18.2 Å². The molecule has 4 aromatic rings. The van der Waals surface area contributed by atoms with Crippen molar-refractivity contribution >= 4 is 22.8 Å². The van der Waals surface area contributed by atoms with Gasteiger partial charge in [-0.05, 0) is 24.3 Å². The van der Waals surface area contributed by atoms with Crippen molar-refractivity contribution in [3.05, 3.63) is 76.6 Å². The Balaban J connectivity index is 1.64. The minimum absolute atomic E-state index is 0.0303. The van der Waals surface area contributed by atoms with Gasteiger partial charge >= 0.3 is 0 Å². The van der Waals surface area contributed by atoms with E-state index in [9.17, 15) is 22.8 Å². The van der Waals surface area contributed by atoms with Crippen molar-refractivity contribution in [2.75, 3.05) is 5.32 Å². The number of benzene rings is 2. The lowest BCUT2D eigenvalue weighted by Gasteiger charge is -2.08. The molecule has 2 heterocycles. The van der Waals surface area contributed by atoms with E-state index < -0.39 is 35.5 Å². The highest BCUT2D eigenvalue weighted by molar-refractivity contribution is 5.90. The molecular weight excluding hydrogens is 389 g/mol. The number of halogens is 3. The quantitative estimate of drug-likeness (QED) is 0.566. The van der Waals surface area contributed by atoms with Crippen molar-refractivity contribution in [3.8, 4) is 5.69 Å². The first-order chi connectivity index (χ1) is 13.9. The molecule has 29 heavy (non-hydrogen) atoms. The fourth-order valence-electron chi connectivity index (χ4n) is 2.68. The van der Waals surface area contributed by atoms with Gasteiger partial charge in [0, 0.05) is 6.07 Å². The maximum absolute atomic E-state index is 14.0. The number of carbonyl (C=O) groups is 1. The van der Waals surface area contributed by atoms with Gasteiger partial charge in [0.1, 0.15) is 30.2 Å². The fourth-order valence-corrected chi connectivity index (χ4v) is 2.68. The molecule has 2 aromatic carbocycles. The molecule has 0 bridgehead atoms. The van der Waals surface area contributed by atoms with Crippen LogP contribution in [0.1, 0.15) is 0 Å². The van der Waals surface area contributed by atoms with Crippen LogP contribution in [-0.2, 0) is 11.3 Å². The molecule has 11 heteroatoms. The highest BCUT2D eigenvalue weighted by atomic mass is 19.1. The molecular formula is C18H11F3N6O2. The number of hydrogen-bond acceptors (Lipinski definition) is 5. The predicted molar refractivity (Wildman–Crippen MR) is 95.9 cm³/mol. The second-order valence-electron chi connectivity index (χ2n) is 5.97. The number of para-hydroxylation sites is 1. The van der Waals surface area contributed by atoms with E-state index in [1.807, 2.05) is 0 Å². The Labute approximate surface area is 160 Å². The van der Waals surface area contributed by atoms with Crippen molar-refractivity contribution < 1.29 is 18.0 Å². The molecule has 0 saturated heterocycles. The van der Waals surface area contributed by atoms with Crippen molar-refractivity contribution in [1.29, 1.82) is 0 Å². The summed E-state index contributed by atoms with van der Waals surface area (Å²) in [6.07, 6.45) is 1.06. The van der Waals surface area contributed by atoms with Crippen LogP contribution in [-0.4, -0.2) is 30.5 Å². The average Bonchev–Trinajstić information content (AvgIpc) is 3.10. The van der Waals surface area contributed by atoms with Crippen molar-refractivity contribution in [2.45, 2.75) is 6.54 Å². The lowest BCUT2D eigenvalue weighted by molar-refractivity contribution is -0.116. The topological polar surface area (TPSA) is 94.7 Å². The maximum atomic E-state index is 14.0. The Morgan fingerprint density at radius 2 is 1.86 bits per heavy atom. The molecule has 2 aromatic heterocycles. The zero-order chi connectivity index (χ0) is 20.5. The number of rotatable bonds is 4. The summed E-state index contributed by atoms with van der Waals surface area (Å²) in [7, 11) is 0. The molecule has 1 N–H and O–H groups in total. The molecule has 0 aliphatic heterocycles. The van der Waals surface area contributed by atoms with E-state index in [4.69, 9.17) is 0 Å². The molecule has 8 nitrogen and oxygen atoms in total. The first-order valence-corrected chi connectivity index (χ1v) is 8.24. The molecule has 0 radical (unpaired) electrons. The van der Waals surface area contributed by atoms with Gasteiger partial charge in [0.2, 0.25) is 5.91 Å². The summed E-state index contributed by atoms with van der Waals surface area (Å²) in [6.45, 7) is -0.451. The van der Waals surface area contributed by atoms with Gasteiger partial charge in [-0.2, -0.15) is 4.68 Å². The van der Waals surface area contributed by atoms with Gasteiger partial charge in [-0.1, -0.05) is 17.3 Å². The van der Waals surface area contributed by atoms with Crippen molar-refractivity contribution in [1.82, 2.24) is 24.5 Å². The largest absolute Gasteiger partial charge is 0.322 e. The number of carbonyl (C=O) groups excluding carboxylic acids is 1. The average molecular weight is 400 g/mol. The molecule has 0 saturated carbocycles. The van der Waals surface area contributed by atoms with Gasteiger partial charge in [0.15, 0.2) is 17.0 Å². The first kappa shape index (κ1) is 18.3. The number of nitrogens with one attached hydrogen (secondary N) is 1. The van der Waals surface area contributed by atoms with E-state index in [0.717, 1.165) is 27.7 Å². The van der Waals surface area contributed by atoms with Crippen molar-refractivity contribution in [2.24, 2.45) is 0 Å². The summed E-state index contributed by atoms with van der Waals surface area (Å²) < 4.78 is 42.7. The molecule has 0 aliphatic rings. The van der Waals surface area contributed by atoms with Crippen LogP contribution < -0.4 is 10.9 Å². The van der Waals surface area contributed by atoms with E-state index in [0.29, 0.717) is 6.07 Å². The predicted octanol–water partition coefficient (Wildman–Crippen LogP) is 2.03. The Bertz CT molecular complexity index is 1300. The molecule has 0 fully saturated rings. The molecule has 0 unspecified atom stereocenters. The summed E-state index contributed by atoms with van der Waals surface area (Å²) >= 11 is 0. The van der Waals surface area contributed by atoms with Crippen LogP contribution in [0.2, 0.25) is 0 Å². The van der Waals surface area contributed by atoms with Gasteiger partial charge in [0.05, 0.1) is 5.69 Å². The first-order valence-electron chi connectivity index (χ1n) is 8.24. The van der Waals surface area contributed by atoms with Crippen LogP contribution >= 0.6 is 0 Å². The summed E-state index contributed by atoms with van der Waals surface area (Å²) in [4.78, 5) is 28.7. The van der Waals surface area contributed by atoms with Crippen molar-refractivity contribution in [3.63, 3.8) is 0 Å². The van der Waals surface area contributed by atoms with Crippen LogP contribution in [0, 0.1) is 17.5 Å². The fraction of sp³-hybridized carbons (Fsp3) is 0.0556. The molecule has 4 rings (SSSR count). The third-order valence-corrected chi connectivity index (χ3v) is 4.03. The number of fused-ring (bicyclic) bond motifs is 1. The molecule has 0 spiro atoms. The van der Waals surface area contributed by atoms with E-state index in [2.05, 4.69) is 20.6 Å². The monoisotopic (exact) mass is 400 g/mol. The van der Waals surface area contributed by atoms with Gasteiger partial charge in [-0.3, -0.25) is 14.2 Å². The number of anilines is 1. The third kappa shape index (κ3) is 3.45. The zero-order valence-electron chi connectivity index (χ0n) is 14.5. The third-order valence-electron chi connectivity index (χ3n) is 4.03. The second-order valence-corrected chi connectivity index (χ2v) is 5.97. The standard InChI is InChI=1S/C18H11F3N6O2/c19-10-5-6-14(12(21)7-10)27-17-16(24-25-27)18(29)26(9-22-17)8-15(28)23-13-4-2-1-3-11(13)20/h1-7,9H,8H2,(H,23,28). The summed E-state index contributed by atoms with van der Waals surface area (Å²) in [5, 5.41) is 9.73. The van der Waals surface area contributed by atoms with Gasteiger partial charge in [-0.15, -0.1) is 5.10 Å².